The van der Waals surface area contributed by atoms with Gasteiger partial charge in [0.25, 0.3) is 5.91 Å². The third-order valence-electron chi connectivity index (χ3n) is 6.67. The van der Waals surface area contributed by atoms with E-state index in [1.165, 1.54) is 0 Å². The Morgan fingerprint density at radius 3 is 2.65 bits per heavy atom. The van der Waals surface area contributed by atoms with Gasteiger partial charge in [0.1, 0.15) is 11.4 Å². The summed E-state index contributed by atoms with van der Waals surface area (Å²) >= 11 is 6.34. The van der Waals surface area contributed by atoms with Gasteiger partial charge in [-0.15, -0.1) is 0 Å². The molecule has 0 atom stereocenters. The maximum Gasteiger partial charge on any atom is 0.253 e. The van der Waals surface area contributed by atoms with Gasteiger partial charge in [0.2, 0.25) is 5.91 Å². The standard InChI is InChI=1S/C24H23ClN2O4/c1-13-9-19-21(14(2)22(13)25)18(28)12-24(31-19)5-7-27(8-6-24)23(30)15-3-4-17-16(10-15)11-20(29)26-17/h3-4,9-10H,5-8,11-12H2,1-2H3,(H,26,29). The molecular formula is C24H23ClN2O4. The number of rotatable bonds is 1. The molecule has 1 fully saturated rings. The van der Waals surface area contributed by atoms with Gasteiger partial charge >= 0.3 is 0 Å². The fraction of sp³-hybridized carbons (Fsp3) is 0.375. The Bertz CT molecular complexity index is 1150. The molecule has 3 aliphatic heterocycles. The van der Waals surface area contributed by atoms with E-state index < -0.39 is 5.60 Å². The lowest BCUT2D eigenvalue weighted by Gasteiger charge is -2.44. The molecule has 1 saturated heterocycles. The van der Waals surface area contributed by atoms with Crippen molar-refractivity contribution in [3.8, 4) is 5.75 Å². The second kappa shape index (κ2) is 7.09. The van der Waals surface area contributed by atoms with E-state index in [9.17, 15) is 14.4 Å². The van der Waals surface area contributed by atoms with Gasteiger partial charge in [-0.1, -0.05) is 11.6 Å². The molecule has 0 aliphatic carbocycles. The molecule has 160 valence electrons. The molecule has 3 heterocycles. The number of Topliss-reactive ketones (excluding diaryl/α,β-unsaturated/α-hetero) is 1. The van der Waals surface area contributed by atoms with Gasteiger partial charge in [-0.05, 0) is 54.8 Å². The zero-order valence-corrected chi connectivity index (χ0v) is 18.3. The number of fused-ring (bicyclic) bond motifs is 2. The Morgan fingerprint density at radius 1 is 1.16 bits per heavy atom. The van der Waals surface area contributed by atoms with E-state index in [0.717, 1.165) is 22.4 Å². The number of likely N-dealkylation sites (tertiary alicyclic amines) is 1. The highest BCUT2D eigenvalue weighted by Crippen LogP contribution is 2.43. The lowest BCUT2D eigenvalue weighted by Crippen LogP contribution is -2.52. The van der Waals surface area contributed by atoms with E-state index in [1.54, 1.807) is 23.1 Å². The smallest absolute Gasteiger partial charge is 0.253 e. The number of aryl methyl sites for hydroxylation is 1. The summed E-state index contributed by atoms with van der Waals surface area (Å²) in [4.78, 5) is 39.4. The van der Waals surface area contributed by atoms with E-state index in [4.69, 9.17) is 16.3 Å². The number of halogens is 1. The quantitative estimate of drug-likeness (QED) is 0.727. The number of hydrogen-bond donors (Lipinski definition) is 1. The number of nitrogens with one attached hydrogen (secondary N) is 1. The summed E-state index contributed by atoms with van der Waals surface area (Å²) in [5.41, 5.74) is 3.87. The SMILES string of the molecule is Cc1cc2c(c(C)c1Cl)C(=O)CC1(CCN(C(=O)c3ccc4c(c3)CC(=O)N4)CC1)O2. The van der Waals surface area contributed by atoms with Crippen LogP contribution >= 0.6 is 11.6 Å². The second-order valence-corrected chi connectivity index (χ2v) is 9.16. The molecule has 31 heavy (non-hydrogen) atoms. The molecule has 5 rings (SSSR count). The molecule has 1 spiro atoms. The topological polar surface area (TPSA) is 75.7 Å². The Hall–Kier alpha value is -2.86. The predicted molar refractivity (Wildman–Crippen MR) is 117 cm³/mol. The minimum absolute atomic E-state index is 0.0503. The molecule has 2 amide bonds. The van der Waals surface area contributed by atoms with Crippen LogP contribution in [-0.4, -0.2) is 41.2 Å². The van der Waals surface area contributed by atoms with Crippen molar-refractivity contribution in [3.05, 3.63) is 57.1 Å². The van der Waals surface area contributed by atoms with E-state index >= 15 is 0 Å². The number of piperidine rings is 1. The van der Waals surface area contributed by atoms with Crippen LogP contribution < -0.4 is 10.1 Å². The summed E-state index contributed by atoms with van der Waals surface area (Å²) in [6.07, 6.45) is 1.79. The van der Waals surface area contributed by atoms with E-state index in [2.05, 4.69) is 5.32 Å². The first kappa shape index (κ1) is 20.1. The molecule has 2 aromatic rings. The summed E-state index contributed by atoms with van der Waals surface area (Å²) in [6, 6.07) is 7.19. The van der Waals surface area contributed by atoms with E-state index in [1.807, 2.05) is 19.9 Å². The number of hydrogen-bond acceptors (Lipinski definition) is 4. The Balaban J connectivity index is 1.33. The molecule has 1 N–H and O–H groups in total. The van der Waals surface area contributed by atoms with Crippen molar-refractivity contribution in [2.75, 3.05) is 18.4 Å². The van der Waals surface area contributed by atoms with Crippen molar-refractivity contribution >= 4 is 34.9 Å². The lowest BCUT2D eigenvalue weighted by molar-refractivity contribution is -0.115. The molecule has 0 aromatic heterocycles. The lowest BCUT2D eigenvalue weighted by atomic mass is 9.81. The second-order valence-electron chi connectivity index (χ2n) is 8.78. The van der Waals surface area contributed by atoms with Gasteiger partial charge in [0.15, 0.2) is 5.78 Å². The molecule has 6 nitrogen and oxygen atoms in total. The molecule has 2 aromatic carbocycles. The van der Waals surface area contributed by atoms with E-state index in [0.29, 0.717) is 60.7 Å². The fourth-order valence-electron chi connectivity index (χ4n) is 4.94. The number of carbonyl (C=O) groups is 3. The number of amides is 2. The van der Waals surface area contributed by atoms with Crippen LogP contribution in [0.2, 0.25) is 5.02 Å². The van der Waals surface area contributed by atoms with Crippen LogP contribution in [0.4, 0.5) is 5.69 Å². The number of nitrogens with zero attached hydrogens (tertiary/aromatic N) is 1. The summed E-state index contributed by atoms with van der Waals surface area (Å²) in [5, 5.41) is 3.39. The van der Waals surface area contributed by atoms with Gasteiger partial charge in [-0.25, -0.2) is 0 Å². The molecular weight excluding hydrogens is 416 g/mol. The maximum atomic E-state index is 13.0. The van der Waals surface area contributed by atoms with Crippen LogP contribution in [0.1, 0.15) is 56.7 Å². The highest BCUT2D eigenvalue weighted by atomic mass is 35.5. The summed E-state index contributed by atoms with van der Waals surface area (Å²) < 4.78 is 6.39. The van der Waals surface area contributed by atoms with Crippen molar-refractivity contribution in [1.82, 2.24) is 4.90 Å². The van der Waals surface area contributed by atoms with Crippen LogP contribution in [0.15, 0.2) is 24.3 Å². The van der Waals surface area contributed by atoms with Gasteiger partial charge < -0.3 is 15.0 Å². The highest BCUT2D eigenvalue weighted by molar-refractivity contribution is 6.32. The summed E-state index contributed by atoms with van der Waals surface area (Å²) in [7, 11) is 0. The predicted octanol–water partition coefficient (Wildman–Crippen LogP) is 4.09. The largest absolute Gasteiger partial charge is 0.486 e. The number of carbonyl (C=O) groups excluding carboxylic acids is 3. The molecule has 7 heteroatoms. The molecule has 3 aliphatic rings. The van der Waals surface area contributed by atoms with Crippen LogP contribution in [-0.2, 0) is 11.2 Å². The summed E-state index contributed by atoms with van der Waals surface area (Å²) in [5.74, 6) is 0.547. The zero-order valence-electron chi connectivity index (χ0n) is 17.5. The van der Waals surface area contributed by atoms with Gasteiger partial charge in [0, 0.05) is 42.2 Å². The zero-order chi connectivity index (χ0) is 21.9. The van der Waals surface area contributed by atoms with Crippen molar-refractivity contribution in [2.24, 2.45) is 0 Å². The Labute approximate surface area is 185 Å². The number of ether oxygens (including phenoxy) is 1. The first-order valence-electron chi connectivity index (χ1n) is 10.5. The van der Waals surface area contributed by atoms with E-state index in [-0.39, 0.29) is 17.6 Å². The van der Waals surface area contributed by atoms with Crippen molar-refractivity contribution < 1.29 is 19.1 Å². The van der Waals surface area contributed by atoms with Crippen LogP contribution in [0, 0.1) is 13.8 Å². The van der Waals surface area contributed by atoms with Gasteiger partial charge in [0.05, 0.1) is 18.4 Å². The first-order valence-corrected chi connectivity index (χ1v) is 10.9. The monoisotopic (exact) mass is 438 g/mol. The number of anilines is 1. The summed E-state index contributed by atoms with van der Waals surface area (Å²) in [6.45, 7) is 4.79. The number of ketones is 1. The van der Waals surface area contributed by atoms with Crippen LogP contribution in [0.5, 0.6) is 5.75 Å². The third-order valence-corrected chi connectivity index (χ3v) is 7.25. The van der Waals surface area contributed by atoms with Gasteiger partial charge in [-0.2, -0.15) is 0 Å². The van der Waals surface area contributed by atoms with Crippen LogP contribution in [0.25, 0.3) is 0 Å². The minimum atomic E-state index is -0.582. The third kappa shape index (κ3) is 3.30. The number of benzene rings is 2. The van der Waals surface area contributed by atoms with Crippen LogP contribution in [0.3, 0.4) is 0 Å². The van der Waals surface area contributed by atoms with Crippen molar-refractivity contribution in [1.29, 1.82) is 0 Å². The van der Waals surface area contributed by atoms with Crippen molar-refractivity contribution in [2.45, 2.75) is 45.1 Å². The average Bonchev–Trinajstić information content (AvgIpc) is 3.11. The first-order chi connectivity index (χ1) is 14.8. The molecule has 0 unspecified atom stereocenters. The highest BCUT2D eigenvalue weighted by Gasteiger charge is 2.44. The maximum absolute atomic E-state index is 13.0. The minimum Gasteiger partial charge on any atom is -0.486 e. The fourth-order valence-corrected chi connectivity index (χ4v) is 5.09. The average molecular weight is 439 g/mol. The Kier molecular flexibility index (Phi) is 4.59. The molecule has 0 radical (unpaired) electrons. The van der Waals surface area contributed by atoms with Crippen molar-refractivity contribution in [3.63, 3.8) is 0 Å². The normalized spacial score (nSPS) is 19.0. The Morgan fingerprint density at radius 2 is 1.90 bits per heavy atom. The molecule has 0 bridgehead atoms. The molecule has 0 saturated carbocycles. The van der Waals surface area contributed by atoms with Gasteiger partial charge in [-0.3, -0.25) is 14.4 Å².